The highest BCUT2D eigenvalue weighted by atomic mass is 19.1. The van der Waals surface area contributed by atoms with E-state index in [2.05, 4.69) is 44.8 Å². The smallest absolute Gasteiger partial charge is 0.191 e. The van der Waals surface area contributed by atoms with Gasteiger partial charge in [0.1, 0.15) is 12.4 Å². The van der Waals surface area contributed by atoms with Crippen LogP contribution in [0.15, 0.2) is 53.5 Å². The second-order valence-corrected chi connectivity index (χ2v) is 7.10. The third kappa shape index (κ3) is 6.71. The molecular formula is C22H28F2N4O. The predicted molar refractivity (Wildman–Crippen MR) is 111 cm³/mol. The summed E-state index contributed by atoms with van der Waals surface area (Å²) in [6, 6.07) is 14.2. The molecule has 5 nitrogen and oxygen atoms in total. The normalized spacial score (nSPS) is 15.9. The number of aliphatic imine (C=N–C) groups is 1. The van der Waals surface area contributed by atoms with E-state index in [9.17, 15) is 8.78 Å². The average Bonchev–Trinajstić information content (AvgIpc) is 2.73. The molecule has 29 heavy (non-hydrogen) atoms. The Kier molecular flexibility index (Phi) is 7.81. The van der Waals surface area contributed by atoms with Gasteiger partial charge in [-0.05, 0) is 30.5 Å². The lowest BCUT2D eigenvalue weighted by Crippen LogP contribution is -2.49. The summed E-state index contributed by atoms with van der Waals surface area (Å²) in [4.78, 5) is 6.71. The molecule has 7 heteroatoms. The average molecular weight is 402 g/mol. The van der Waals surface area contributed by atoms with Gasteiger partial charge in [0.15, 0.2) is 17.5 Å². The third-order valence-electron chi connectivity index (χ3n) is 4.95. The van der Waals surface area contributed by atoms with Gasteiger partial charge in [-0.1, -0.05) is 30.3 Å². The number of rotatable bonds is 7. The fourth-order valence-electron chi connectivity index (χ4n) is 3.39. The van der Waals surface area contributed by atoms with E-state index in [1.165, 1.54) is 17.7 Å². The molecule has 0 amide bonds. The van der Waals surface area contributed by atoms with Crippen molar-refractivity contribution in [2.24, 2.45) is 4.99 Å². The lowest BCUT2D eigenvalue weighted by Gasteiger charge is -2.33. The van der Waals surface area contributed by atoms with E-state index in [1.54, 1.807) is 7.05 Å². The van der Waals surface area contributed by atoms with Crippen LogP contribution in [0.25, 0.3) is 0 Å². The SMILES string of the molecule is CN=C(NCCOc1ccc(F)cc1F)NC1CCN(Cc2ccccc2)CC1. The van der Waals surface area contributed by atoms with Crippen molar-refractivity contribution < 1.29 is 13.5 Å². The molecule has 1 heterocycles. The van der Waals surface area contributed by atoms with Crippen LogP contribution in [0.3, 0.4) is 0 Å². The molecular weight excluding hydrogens is 374 g/mol. The molecule has 3 rings (SSSR count). The first kappa shape index (κ1) is 21.0. The van der Waals surface area contributed by atoms with Crippen LogP contribution in [0, 0.1) is 11.6 Å². The molecule has 0 unspecified atom stereocenters. The second-order valence-electron chi connectivity index (χ2n) is 7.10. The van der Waals surface area contributed by atoms with Gasteiger partial charge in [0, 0.05) is 38.8 Å². The number of likely N-dealkylation sites (tertiary alicyclic amines) is 1. The van der Waals surface area contributed by atoms with Gasteiger partial charge < -0.3 is 15.4 Å². The van der Waals surface area contributed by atoms with E-state index in [0.717, 1.165) is 38.5 Å². The minimum atomic E-state index is -0.699. The van der Waals surface area contributed by atoms with E-state index >= 15 is 0 Å². The number of nitrogens with one attached hydrogen (secondary N) is 2. The number of guanidine groups is 1. The van der Waals surface area contributed by atoms with Crippen molar-refractivity contribution >= 4 is 5.96 Å². The first-order valence-electron chi connectivity index (χ1n) is 9.95. The van der Waals surface area contributed by atoms with Crippen molar-refractivity contribution in [2.75, 3.05) is 33.3 Å². The monoisotopic (exact) mass is 402 g/mol. The Morgan fingerprint density at radius 2 is 1.90 bits per heavy atom. The summed E-state index contributed by atoms with van der Waals surface area (Å²) in [5.41, 5.74) is 1.34. The van der Waals surface area contributed by atoms with Gasteiger partial charge in [-0.15, -0.1) is 0 Å². The maximum Gasteiger partial charge on any atom is 0.191 e. The summed E-state index contributed by atoms with van der Waals surface area (Å²) in [6.07, 6.45) is 2.09. The van der Waals surface area contributed by atoms with Crippen molar-refractivity contribution in [1.29, 1.82) is 0 Å². The maximum absolute atomic E-state index is 13.6. The van der Waals surface area contributed by atoms with Crippen LogP contribution in [0.5, 0.6) is 5.75 Å². The van der Waals surface area contributed by atoms with Gasteiger partial charge >= 0.3 is 0 Å². The largest absolute Gasteiger partial charge is 0.489 e. The zero-order valence-electron chi connectivity index (χ0n) is 16.7. The minimum Gasteiger partial charge on any atom is -0.489 e. The highest BCUT2D eigenvalue weighted by Gasteiger charge is 2.20. The molecule has 1 aliphatic heterocycles. The summed E-state index contributed by atoms with van der Waals surface area (Å²) in [7, 11) is 1.72. The van der Waals surface area contributed by atoms with Crippen LogP contribution < -0.4 is 15.4 Å². The molecule has 0 bridgehead atoms. The molecule has 0 saturated carbocycles. The summed E-state index contributed by atoms with van der Waals surface area (Å²) in [6.45, 7) is 3.77. The number of ether oxygens (including phenoxy) is 1. The van der Waals surface area contributed by atoms with Crippen molar-refractivity contribution in [1.82, 2.24) is 15.5 Å². The number of hydrogen-bond acceptors (Lipinski definition) is 3. The fraction of sp³-hybridized carbons (Fsp3) is 0.409. The summed E-state index contributed by atoms with van der Waals surface area (Å²) >= 11 is 0. The molecule has 1 fully saturated rings. The Labute approximate surface area is 170 Å². The lowest BCUT2D eigenvalue weighted by molar-refractivity contribution is 0.198. The minimum absolute atomic E-state index is 0.0435. The van der Waals surface area contributed by atoms with Crippen molar-refractivity contribution in [3.8, 4) is 5.75 Å². The highest BCUT2D eigenvalue weighted by Crippen LogP contribution is 2.17. The van der Waals surface area contributed by atoms with Crippen molar-refractivity contribution in [2.45, 2.75) is 25.4 Å². The standard InChI is InChI=1S/C22H28F2N4O/c1-25-22(26-11-14-29-21-8-7-18(23)15-20(21)24)27-19-9-12-28(13-10-19)16-17-5-3-2-4-6-17/h2-8,15,19H,9-14,16H2,1H3,(H2,25,26,27). The molecule has 2 aromatic rings. The maximum atomic E-state index is 13.6. The number of hydrogen-bond donors (Lipinski definition) is 2. The van der Waals surface area contributed by atoms with Gasteiger partial charge in [-0.3, -0.25) is 9.89 Å². The van der Waals surface area contributed by atoms with E-state index in [-0.39, 0.29) is 12.4 Å². The van der Waals surface area contributed by atoms with Crippen molar-refractivity contribution in [3.05, 3.63) is 65.7 Å². The summed E-state index contributed by atoms with van der Waals surface area (Å²) in [5.74, 6) is -0.571. The Hall–Kier alpha value is -2.67. The molecule has 0 atom stereocenters. The number of benzene rings is 2. The van der Waals surface area contributed by atoms with Gasteiger partial charge in [-0.2, -0.15) is 0 Å². The van der Waals surface area contributed by atoms with Gasteiger partial charge in [0.2, 0.25) is 0 Å². The molecule has 0 spiro atoms. The molecule has 0 radical (unpaired) electrons. The highest BCUT2D eigenvalue weighted by molar-refractivity contribution is 5.79. The molecule has 156 valence electrons. The number of halogens is 2. The van der Waals surface area contributed by atoms with Gasteiger partial charge in [0.25, 0.3) is 0 Å². The molecule has 0 aliphatic carbocycles. The van der Waals surface area contributed by atoms with E-state index < -0.39 is 11.6 Å². The Morgan fingerprint density at radius 3 is 2.59 bits per heavy atom. The van der Waals surface area contributed by atoms with Gasteiger partial charge in [0.05, 0.1) is 6.54 Å². The molecule has 1 saturated heterocycles. The van der Waals surface area contributed by atoms with Crippen LogP contribution >= 0.6 is 0 Å². The zero-order chi connectivity index (χ0) is 20.5. The number of nitrogens with zero attached hydrogens (tertiary/aromatic N) is 2. The zero-order valence-corrected chi connectivity index (χ0v) is 16.7. The summed E-state index contributed by atoms with van der Waals surface area (Å²) < 4.78 is 31.8. The summed E-state index contributed by atoms with van der Waals surface area (Å²) in [5, 5.41) is 6.61. The Morgan fingerprint density at radius 1 is 1.14 bits per heavy atom. The first-order valence-corrected chi connectivity index (χ1v) is 9.95. The Balaban J connectivity index is 1.35. The molecule has 2 aromatic carbocycles. The molecule has 2 N–H and O–H groups in total. The number of piperidine rings is 1. The molecule has 0 aromatic heterocycles. The van der Waals surface area contributed by atoms with Crippen LogP contribution in [0.1, 0.15) is 18.4 Å². The quantitative estimate of drug-likeness (QED) is 0.424. The Bertz CT molecular complexity index is 793. The van der Waals surface area contributed by atoms with E-state index in [1.807, 2.05) is 6.07 Å². The van der Waals surface area contributed by atoms with E-state index in [0.29, 0.717) is 18.5 Å². The molecule has 1 aliphatic rings. The van der Waals surface area contributed by atoms with Crippen molar-refractivity contribution in [3.63, 3.8) is 0 Å². The first-order chi connectivity index (χ1) is 14.1. The third-order valence-corrected chi connectivity index (χ3v) is 4.95. The van der Waals surface area contributed by atoms with Crippen LogP contribution in [0.4, 0.5) is 8.78 Å². The van der Waals surface area contributed by atoms with Crippen LogP contribution in [-0.2, 0) is 6.54 Å². The lowest BCUT2D eigenvalue weighted by atomic mass is 10.0. The topological polar surface area (TPSA) is 48.9 Å². The van der Waals surface area contributed by atoms with E-state index in [4.69, 9.17) is 4.74 Å². The second kappa shape index (κ2) is 10.8. The fourth-order valence-corrected chi connectivity index (χ4v) is 3.39. The van der Waals surface area contributed by atoms with Crippen LogP contribution in [0.2, 0.25) is 0 Å². The predicted octanol–water partition coefficient (Wildman–Crippen LogP) is 3.17. The van der Waals surface area contributed by atoms with Gasteiger partial charge in [-0.25, -0.2) is 8.78 Å². The van der Waals surface area contributed by atoms with Crippen LogP contribution in [-0.4, -0.2) is 50.2 Å².